The molecule has 3 heterocycles. The van der Waals surface area contributed by atoms with Crippen molar-refractivity contribution in [1.82, 2.24) is 15.4 Å². The predicted molar refractivity (Wildman–Crippen MR) is 71.2 cm³/mol. The van der Waals surface area contributed by atoms with Crippen molar-refractivity contribution in [3.63, 3.8) is 0 Å². The highest BCUT2D eigenvalue weighted by atomic mass is 35.5. The Morgan fingerprint density at radius 2 is 2.40 bits per heavy atom. The number of rotatable bonds is 2. The smallest absolute Gasteiger partial charge is 0.229 e. The highest BCUT2D eigenvalue weighted by molar-refractivity contribution is 6.29. The predicted octanol–water partition coefficient (Wildman–Crippen LogP) is 0.916. The second kappa shape index (κ2) is 5.09. The van der Waals surface area contributed by atoms with Crippen molar-refractivity contribution >= 4 is 23.4 Å². The van der Waals surface area contributed by atoms with Gasteiger partial charge in [-0.1, -0.05) is 5.16 Å². The lowest BCUT2D eigenvalue weighted by Crippen LogP contribution is -2.49. The molecule has 7 heteroatoms. The zero-order valence-corrected chi connectivity index (χ0v) is 11.9. The Balaban J connectivity index is 1.75. The molecule has 0 spiro atoms. The minimum atomic E-state index is -0.0632. The van der Waals surface area contributed by atoms with Crippen molar-refractivity contribution in [3.05, 3.63) is 16.5 Å². The molecule has 2 aliphatic rings. The minimum Gasteiger partial charge on any atom is -0.354 e. The summed E-state index contributed by atoms with van der Waals surface area (Å²) in [4.78, 5) is 26.0. The largest absolute Gasteiger partial charge is 0.354 e. The van der Waals surface area contributed by atoms with Gasteiger partial charge in [-0.15, -0.1) is 0 Å². The van der Waals surface area contributed by atoms with E-state index in [2.05, 4.69) is 10.5 Å². The molecule has 0 aliphatic carbocycles. The van der Waals surface area contributed by atoms with Gasteiger partial charge in [0.2, 0.25) is 17.0 Å². The van der Waals surface area contributed by atoms with Crippen LogP contribution in [0.4, 0.5) is 0 Å². The third-order valence-corrected chi connectivity index (χ3v) is 4.48. The molecule has 108 valence electrons. The molecule has 20 heavy (non-hydrogen) atoms. The average Bonchev–Trinajstić information content (AvgIpc) is 2.96. The number of amides is 2. The van der Waals surface area contributed by atoms with Crippen molar-refractivity contribution in [1.29, 1.82) is 0 Å². The number of piperidine rings is 1. The number of nitrogens with zero attached hydrogens (tertiary/aromatic N) is 2. The van der Waals surface area contributed by atoms with Crippen LogP contribution in [0, 0.1) is 12.8 Å². The summed E-state index contributed by atoms with van der Waals surface area (Å²) >= 11 is 5.90. The van der Waals surface area contributed by atoms with Crippen LogP contribution >= 0.6 is 11.6 Å². The lowest BCUT2D eigenvalue weighted by molar-refractivity contribution is -0.136. The maximum Gasteiger partial charge on any atom is 0.229 e. The van der Waals surface area contributed by atoms with Crippen LogP contribution in [-0.2, 0) is 16.0 Å². The van der Waals surface area contributed by atoms with Gasteiger partial charge < -0.3 is 14.7 Å². The fourth-order valence-electron chi connectivity index (χ4n) is 3.07. The van der Waals surface area contributed by atoms with Crippen molar-refractivity contribution in [3.8, 4) is 0 Å². The van der Waals surface area contributed by atoms with Crippen LogP contribution in [0.2, 0.25) is 5.22 Å². The molecule has 0 saturated carbocycles. The van der Waals surface area contributed by atoms with Crippen molar-refractivity contribution in [2.75, 3.05) is 13.1 Å². The molecule has 2 saturated heterocycles. The molecular formula is C13H16ClN3O3. The first-order valence-electron chi connectivity index (χ1n) is 6.75. The summed E-state index contributed by atoms with van der Waals surface area (Å²) in [5.74, 6) is -0.0252. The van der Waals surface area contributed by atoms with Crippen LogP contribution in [0.3, 0.4) is 0 Å². The van der Waals surface area contributed by atoms with Gasteiger partial charge in [0.15, 0.2) is 0 Å². The van der Waals surface area contributed by atoms with E-state index in [4.69, 9.17) is 16.1 Å². The van der Waals surface area contributed by atoms with Crippen molar-refractivity contribution in [2.24, 2.45) is 5.92 Å². The Hall–Kier alpha value is -1.56. The summed E-state index contributed by atoms with van der Waals surface area (Å²) in [6, 6.07) is -0.0253. The van der Waals surface area contributed by atoms with Crippen LogP contribution in [0.15, 0.2) is 4.52 Å². The average molecular weight is 298 g/mol. The molecule has 0 aromatic carbocycles. The Morgan fingerprint density at radius 1 is 1.60 bits per heavy atom. The van der Waals surface area contributed by atoms with Gasteiger partial charge in [0.1, 0.15) is 0 Å². The van der Waals surface area contributed by atoms with Crippen LogP contribution in [0.5, 0.6) is 0 Å². The Morgan fingerprint density at radius 3 is 3.10 bits per heavy atom. The second-order valence-corrected chi connectivity index (χ2v) is 5.69. The molecule has 0 radical (unpaired) electrons. The fraction of sp³-hybridized carbons (Fsp3) is 0.615. The van der Waals surface area contributed by atoms with Crippen LogP contribution in [-0.4, -0.2) is 41.0 Å². The Kier molecular flexibility index (Phi) is 3.41. The van der Waals surface area contributed by atoms with Gasteiger partial charge >= 0.3 is 0 Å². The van der Waals surface area contributed by atoms with E-state index in [1.54, 1.807) is 11.8 Å². The van der Waals surface area contributed by atoms with Gasteiger partial charge in [0.25, 0.3) is 0 Å². The molecule has 2 atom stereocenters. The number of nitrogens with one attached hydrogen (secondary N) is 1. The maximum absolute atomic E-state index is 12.5. The second-order valence-electron chi connectivity index (χ2n) is 5.35. The zero-order valence-electron chi connectivity index (χ0n) is 11.2. The third kappa shape index (κ3) is 2.18. The van der Waals surface area contributed by atoms with E-state index in [1.807, 2.05) is 0 Å². The molecule has 3 rings (SSSR count). The van der Waals surface area contributed by atoms with Crippen LogP contribution in [0.1, 0.15) is 24.1 Å². The summed E-state index contributed by atoms with van der Waals surface area (Å²) in [5, 5.41) is 6.76. The number of carbonyl (C=O) groups is 2. The number of likely N-dealkylation sites (tertiary alicyclic amines) is 1. The normalized spacial score (nSPS) is 25.5. The monoisotopic (exact) mass is 297 g/mol. The van der Waals surface area contributed by atoms with Gasteiger partial charge in [-0.05, 0) is 31.4 Å². The molecule has 0 bridgehead atoms. The van der Waals surface area contributed by atoms with E-state index in [1.165, 1.54) is 0 Å². The van der Waals surface area contributed by atoms with E-state index in [9.17, 15) is 9.59 Å². The quantitative estimate of drug-likeness (QED) is 0.880. The first-order chi connectivity index (χ1) is 9.58. The first kappa shape index (κ1) is 13.4. The number of hydrogen-bond donors (Lipinski definition) is 1. The Bertz CT molecular complexity index is 538. The fourth-order valence-corrected chi connectivity index (χ4v) is 3.31. The standard InChI is InChI=1S/C13H16ClN3O3/c1-7-9(12(14)20-16-7)5-11(18)17-4-2-3-8-10(17)6-15-13(8)19/h8,10H,2-6H2,1H3,(H,15,19)/t8-,10-/m1/s1. The van der Waals surface area contributed by atoms with Crippen molar-refractivity contribution in [2.45, 2.75) is 32.2 Å². The maximum atomic E-state index is 12.5. The minimum absolute atomic E-state index is 0.0237. The number of halogens is 1. The summed E-state index contributed by atoms with van der Waals surface area (Å²) < 4.78 is 4.87. The molecule has 6 nitrogen and oxygen atoms in total. The molecular weight excluding hydrogens is 282 g/mol. The highest BCUT2D eigenvalue weighted by Crippen LogP contribution is 2.29. The van der Waals surface area contributed by atoms with E-state index >= 15 is 0 Å². The molecule has 2 amide bonds. The van der Waals surface area contributed by atoms with E-state index in [-0.39, 0.29) is 35.4 Å². The Labute approximate surface area is 121 Å². The number of aromatic nitrogens is 1. The van der Waals surface area contributed by atoms with Gasteiger partial charge in [0.05, 0.1) is 24.1 Å². The molecule has 1 aromatic heterocycles. The van der Waals surface area contributed by atoms with Gasteiger partial charge in [-0.2, -0.15) is 0 Å². The summed E-state index contributed by atoms with van der Waals surface area (Å²) in [6.45, 7) is 3.00. The molecule has 2 fully saturated rings. The zero-order chi connectivity index (χ0) is 14.3. The topological polar surface area (TPSA) is 75.4 Å². The van der Waals surface area contributed by atoms with Gasteiger partial charge in [0, 0.05) is 18.7 Å². The van der Waals surface area contributed by atoms with Crippen molar-refractivity contribution < 1.29 is 14.1 Å². The molecule has 1 aromatic rings. The van der Waals surface area contributed by atoms with Crippen LogP contribution in [0.25, 0.3) is 0 Å². The highest BCUT2D eigenvalue weighted by Gasteiger charge is 2.42. The van der Waals surface area contributed by atoms with Crippen LogP contribution < -0.4 is 5.32 Å². The lowest BCUT2D eigenvalue weighted by atomic mass is 9.91. The number of carbonyl (C=O) groups excluding carboxylic acids is 2. The number of fused-ring (bicyclic) bond motifs is 1. The van der Waals surface area contributed by atoms with Gasteiger partial charge in [-0.25, -0.2) is 0 Å². The molecule has 2 aliphatic heterocycles. The molecule has 0 unspecified atom stereocenters. The van der Waals surface area contributed by atoms with E-state index < -0.39 is 0 Å². The summed E-state index contributed by atoms with van der Waals surface area (Å²) in [7, 11) is 0. The van der Waals surface area contributed by atoms with Gasteiger partial charge in [-0.3, -0.25) is 9.59 Å². The first-order valence-corrected chi connectivity index (χ1v) is 7.13. The summed E-state index contributed by atoms with van der Waals surface area (Å²) in [6.07, 6.45) is 1.88. The number of hydrogen-bond acceptors (Lipinski definition) is 4. The van der Waals surface area contributed by atoms with E-state index in [0.717, 1.165) is 12.8 Å². The van der Waals surface area contributed by atoms with E-state index in [0.29, 0.717) is 24.3 Å². The lowest BCUT2D eigenvalue weighted by Gasteiger charge is -2.36. The number of aryl methyl sites for hydroxylation is 1. The summed E-state index contributed by atoms with van der Waals surface area (Å²) in [5.41, 5.74) is 1.27. The SMILES string of the molecule is Cc1noc(Cl)c1CC(=O)N1CCC[C@H]2C(=O)NC[C@H]21. The molecule has 1 N–H and O–H groups in total. The third-order valence-electron chi connectivity index (χ3n) is 4.19.